The zero-order valence-electron chi connectivity index (χ0n) is 17.8. The maximum atomic E-state index is 11.9. The van der Waals surface area contributed by atoms with E-state index in [4.69, 9.17) is 0 Å². The van der Waals surface area contributed by atoms with Crippen molar-refractivity contribution < 1.29 is 30.4 Å². The molecule has 31 heavy (non-hydrogen) atoms. The summed E-state index contributed by atoms with van der Waals surface area (Å²) in [6.07, 6.45) is 4.33. The van der Waals surface area contributed by atoms with Crippen LogP contribution in [0.4, 0.5) is 22.0 Å². The fourth-order valence-corrected chi connectivity index (χ4v) is 4.73. The minimum Gasteiger partial charge on any atom is -0.316 e. The van der Waals surface area contributed by atoms with Gasteiger partial charge < -0.3 is 5.32 Å². The first kappa shape index (κ1) is 26.0. The summed E-state index contributed by atoms with van der Waals surface area (Å²) in [6.45, 7) is 1.26. The molecule has 2 aliphatic carbocycles. The molecule has 0 spiro atoms. The zero-order valence-corrected chi connectivity index (χ0v) is 18.6. The van der Waals surface area contributed by atoms with Gasteiger partial charge in [-0.25, -0.2) is 17.2 Å². The summed E-state index contributed by atoms with van der Waals surface area (Å²) in [6, 6.07) is 0.655. The molecular weight excluding hydrogens is 441 g/mol. The van der Waals surface area contributed by atoms with Gasteiger partial charge >= 0.3 is 6.18 Å². The van der Waals surface area contributed by atoms with E-state index >= 15 is 0 Å². The first-order valence-electron chi connectivity index (χ1n) is 10.7. The van der Waals surface area contributed by atoms with Gasteiger partial charge in [0, 0.05) is 12.5 Å². The van der Waals surface area contributed by atoms with Gasteiger partial charge in [0.25, 0.3) is 6.43 Å². The highest BCUT2D eigenvalue weighted by molar-refractivity contribution is 7.90. The van der Waals surface area contributed by atoms with Crippen molar-refractivity contribution in [3.63, 3.8) is 0 Å². The average Bonchev–Trinajstić information content (AvgIpc) is 3.05. The lowest BCUT2D eigenvalue weighted by Gasteiger charge is -2.21. The van der Waals surface area contributed by atoms with Crippen molar-refractivity contribution in [3.05, 3.63) is 18.0 Å². The van der Waals surface area contributed by atoms with E-state index in [1.807, 2.05) is 0 Å². The van der Waals surface area contributed by atoms with Gasteiger partial charge in [-0.3, -0.25) is 4.68 Å². The first-order chi connectivity index (χ1) is 14.4. The molecule has 180 valence electrons. The lowest BCUT2D eigenvalue weighted by atomic mass is 9.97. The number of halogens is 5. The summed E-state index contributed by atoms with van der Waals surface area (Å²) >= 11 is 0. The Hall–Kier alpha value is -1.23. The number of nitrogens with zero attached hydrogens (tertiary/aromatic N) is 2. The van der Waals surface area contributed by atoms with Crippen molar-refractivity contribution in [2.45, 2.75) is 64.1 Å². The van der Waals surface area contributed by atoms with Gasteiger partial charge in [0.15, 0.2) is 5.69 Å². The Morgan fingerprint density at radius 1 is 1.19 bits per heavy atom. The largest absolute Gasteiger partial charge is 0.435 e. The minimum atomic E-state index is -4.58. The van der Waals surface area contributed by atoms with Gasteiger partial charge in [0.05, 0.1) is 5.75 Å². The van der Waals surface area contributed by atoms with Crippen LogP contribution >= 0.6 is 0 Å². The molecule has 0 amide bonds. The molecule has 1 saturated heterocycles. The minimum absolute atomic E-state index is 0.347. The highest BCUT2D eigenvalue weighted by Crippen LogP contribution is 2.51. The maximum absolute atomic E-state index is 11.9. The molecule has 1 aromatic rings. The summed E-state index contributed by atoms with van der Waals surface area (Å²) < 4.78 is 81.3. The highest BCUT2D eigenvalue weighted by Gasteiger charge is 2.40. The predicted octanol–water partition coefficient (Wildman–Crippen LogP) is 4.39. The number of sulfone groups is 1. The Bertz CT molecular complexity index is 753. The fourth-order valence-electron chi connectivity index (χ4n) is 3.97. The maximum Gasteiger partial charge on any atom is 0.435 e. The second kappa shape index (κ2) is 11.6. The molecule has 11 heteroatoms. The average molecular weight is 474 g/mol. The van der Waals surface area contributed by atoms with E-state index in [9.17, 15) is 30.4 Å². The molecule has 0 aromatic carbocycles. The molecule has 1 aromatic heterocycles. The van der Waals surface area contributed by atoms with Gasteiger partial charge in [-0.05, 0) is 62.6 Å². The summed E-state index contributed by atoms with van der Waals surface area (Å²) in [5, 5.41) is 6.21. The van der Waals surface area contributed by atoms with Crippen molar-refractivity contribution in [3.8, 4) is 0 Å². The summed E-state index contributed by atoms with van der Waals surface area (Å²) in [5.41, 5.74) is -1.16. The summed E-state index contributed by atoms with van der Waals surface area (Å²) in [5.74, 6) is 3.35. The van der Waals surface area contributed by atoms with E-state index in [-0.39, 0.29) is 0 Å². The predicted molar refractivity (Wildman–Crippen MR) is 109 cm³/mol. The van der Waals surface area contributed by atoms with Crippen molar-refractivity contribution in [1.29, 1.82) is 0 Å². The monoisotopic (exact) mass is 473 g/mol. The van der Waals surface area contributed by atoms with Crippen LogP contribution in [0.15, 0.2) is 12.3 Å². The molecule has 3 fully saturated rings. The molecule has 3 atom stereocenters. The zero-order chi connectivity index (χ0) is 23.1. The fraction of sp³-hybridized carbons (Fsp3) is 0.850. The van der Waals surface area contributed by atoms with E-state index in [2.05, 4.69) is 10.4 Å². The van der Waals surface area contributed by atoms with Crippen molar-refractivity contribution in [2.24, 2.45) is 17.8 Å². The van der Waals surface area contributed by atoms with Crippen LogP contribution in [0, 0.1) is 17.8 Å². The van der Waals surface area contributed by atoms with Crippen LogP contribution < -0.4 is 5.32 Å². The third-order valence-corrected chi connectivity index (χ3v) is 6.75. The molecule has 2 saturated carbocycles. The van der Waals surface area contributed by atoms with Gasteiger partial charge in [-0.1, -0.05) is 19.3 Å². The Balaban J connectivity index is 0.000000174. The van der Waals surface area contributed by atoms with Crippen molar-refractivity contribution in [2.75, 3.05) is 25.1 Å². The molecule has 2 heterocycles. The van der Waals surface area contributed by atoms with Gasteiger partial charge in [-0.2, -0.15) is 18.3 Å². The number of hydrogen-bond acceptors (Lipinski definition) is 4. The number of alkyl halides is 5. The normalized spacial score (nSPS) is 25.2. The van der Waals surface area contributed by atoms with E-state index in [0.29, 0.717) is 22.4 Å². The first-order valence-corrected chi connectivity index (χ1v) is 12.8. The summed E-state index contributed by atoms with van der Waals surface area (Å²) in [4.78, 5) is 0. The number of rotatable bonds is 5. The van der Waals surface area contributed by atoms with Crippen molar-refractivity contribution in [1.82, 2.24) is 15.1 Å². The van der Waals surface area contributed by atoms with E-state index < -0.39 is 34.7 Å². The van der Waals surface area contributed by atoms with Crippen LogP contribution in [0.25, 0.3) is 0 Å². The van der Waals surface area contributed by atoms with Crippen LogP contribution in [0.5, 0.6) is 0 Å². The SMILES string of the molecule is C1C[C@@H]2C[C@@H]2C1.CS(=O)(=O)CC[C@H]1CCCNC1.FC(F)Cn1ccc(C(F)(F)F)n1. The Kier molecular flexibility index (Phi) is 9.72. The van der Waals surface area contributed by atoms with Crippen LogP contribution in [-0.4, -0.2) is 49.7 Å². The number of fused-ring (bicyclic) bond motifs is 1. The van der Waals surface area contributed by atoms with E-state index in [1.165, 1.54) is 37.4 Å². The lowest BCUT2D eigenvalue weighted by Crippen LogP contribution is -2.30. The Morgan fingerprint density at radius 2 is 1.87 bits per heavy atom. The topological polar surface area (TPSA) is 64.0 Å². The number of piperidine rings is 1. The summed E-state index contributed by atoms with van der Waals surface area (Å²) in [7, 11) is -2.75. The second-order valence-corrected chi connectivity index (χ2v) is 10.9. The van der Waals surface area contributed by atoms with E-state index in [0.717, 1.165) is 25.7 Å². The van der Waals surface area contributed by atoms with Gasteiger partial charge in [0.2, 0.25) is 0 Å². The number of hydrogen-bond donors (Lipinski definition) is 1. The Morgan fingerprint density at radius 3 is 2.26 bits per heavy atom. The second-order valence-electron chi connectivity index (χ2n) is 8.63. The van der Waals surface area contributed by atoms with Crippen LogP contribution in [0.3, 0.4) is 0 Å². The smallest absolute Gasteiger partial charge is 0.316 e. The standard InChI is InChI=1S/C8H17NO2S.C6H5F5N2.C6H10/c1-12(10,11)6-4-8-3-2-5-9-7-8;7-5(8)3-13-2-1-4(12-13)6(9,10)11;1-2-5-4-6(5)3-1/h8-9H,2-7H2,1H3;1-2,5H,3H2;5-6H,1-4H2/t8-;;5-,6+/m1../s1. The van der Waals surface area contributed by atoms with E-state index in [1.54, 1.807) is 19.3 Å². The van der Waals surface area contributed by atoms with Crippen LogP contribution in [0.2, 0.25) is 0 Å². The molecule has 5 nitrogen and oxygen atoms in total. The van der Waals surface area contributed by atoms with Crippen LogP contribution in [0.1, 0.15) is 50.6 Å². The third-order valence-electron chi connectivity index (χ3n) is 5.77. The van der Waals surface area contributed by atoms with Gasteiger partial charge in [-0.15, -0.1) is 0 Å². The number of aromatic nitrogens is 2. The quantitative estimate of drug-likeness (QED) is 0.644. The Labute approximate surface area is 180 Å². The molecule has 0 unspecified atom stereocenters. The molecule has 1 aliphatic heterocycles. The number of nitrogens with one attached hydrogen (secondary N) is 1. The molecule has 4 rings (SSSR count). The molecular formula is C20H32F5N3O2S. The molecule has 0 bridgehead atoms. The van der Waals surface area contributed by atoms with Crippen molar-refractivity contribution >= 4 is 9.84 Å². The van der Waals surface area contributed by atoms with Crippen LogP contribution in [-0.2, 0) is 22.6 Å². The highest BCUT2D eigenvalue weighted by atomic mass is 32.2. The molecule has 1 N–H and O–H groups in total. The molecule has 0 radical (unpaired) electrons. The molecule has 3 aliphatic rings. The van der Waals surface area contributed by atoms with Gasteiger partial charge in [0.1, 0.15) is 16.4 Å². The lowest BCUT2D eigenvalue weighted by molar-refractivity contribution is -0.141. The third kappa shape index (κ3) is 10.8.